The number of hydrogen-bond donors (Lipinski definition) is 0. The first kappa shape index (κ1) is 34.4. The molecule has 9 aromatic rings. The summed E-state index contributed by atoms with van der Waals surface area (Å²) in [7, 11) is 0. The Kier molecular flexibility index (Phi) is 9.75. The number of benzene rings is 9. The van der Waals surface area contributed by atoms with Gasteiger partial charge in [0.2, 0.25) is 0 Å². The van der Waals surface area contributed by atoms with Gasteiger partial charge in [-0.1, -0.05) is 170 Å². The van der Waals surface area contributed by atoms with Gasteiger partial charge in [0.05, 0.1) is 0 Å². The maximum atomic E-state index is 2.33. The van der Waals surface area contributed by atoms with Crippen molar-refractivity contribution in [3.8, 4) is 44.5 Å². The van der Waals surface area contributed by atoms with E-state index in [1.165, 1.54) is 38.9 Å². The molecule has 0 amide bonds. The summed E-state index contributed by atoms with van der Waals surface area (Å²) in [6, 6.07) is 86.5. The molecule has 2 heteroatoms. The van der Waals surface area contributed by atoms with Gasteiger partial charge in [0, 0.05) is 34.1 Å². The second-order valence-corrected chi connectivity index (χ2v) is 13.8. The van der Waals surface area contributed by atoms with E-state index < -0.39 is 0 Å². The zero-order chi connectivity index (χ0) is 37.5. The van der Waals surface area contributed by atoms with E-state index in [2.05, 4.69) is 252 Å². The minimum Gasteiger partial charge on any atom is -0.311 e. The molecule has 0 atom stereocenters. The highest BCUT2D eigenvalue weighted by molar-refractivity contribution is 5.83. The highest BCUT2D eigenvalue weighted by Crippen LogP contribution is 2.39. The van der Waals surface area contributed by atoms with Crippen molar-refractivity contribution in [1.82, 2.24) is 0 Å². The number of nitrogens with zero attached hydrogens (tertiary/aromatic N) is 2. The lowest BCUT2D eigenvalue weighted by molar-refractivity contribution is 1.28. The van der Waals surface area contributed by atoms with Crippen molar-refractivity contribution in [2.45, 2.75) is 0 Å². The van der Waals surface area contributed by atoms with Crippen LogP contribution in [-0.4, -0.2) is 0 Å². The van der Waals surface area contributed by atoms with E-state index in [0.717, 1.165) is 39.7 Å². The van der Waals surface area contributed by atoms with E-state index in [9.17, 15) is 0 Å². The molecule has 56 heavy (non-hydrogen) atoms. The van der Waals surface area contributed by atoms with Gasteiger partial charge in [-0.25, -0.2) is 0 Å². The second-order valence-electron chi connectivity index (χ2n) is 13.8. The number of anilines is 6. The lowest BCUT2D eigenvalue weighted by atomic mass is 10.0. The Morgan fingerprint density at radius 1 is 0.143 bits per heavy atom. The largest absolute Gasteiger partial charge is 0.311 e. The van der Waals surface area contributed by atoms with Gasteiger partial charge in [-0.05, 0) is 117 Å². The molecule has 0 bridgehead atoms. The van der Waals surface area contributed by atoms with Crippen LogP contribution in [-0.2, 0) is 0 Å². The molecule has 0 N–H and O–H groups in total. The third-order valence-electron chi connectivity index (χ3n) is 10.3. The van der Waals surface area contributed by atoms with Gasteiger partial charge in [-0.15, -0.1) is 0 Å². The Morgan fingerprint density at radius 3 is 0.518 bits per heavy atom. The van der Waals surface area contributed by atoms with Crippen molar-refractivity contribution in [2.24, 2.45) is 0 Å². The summed E-state index contributed by atoms with van der Waals surface area (Å²) in [4.78, 5) is 4.64. The molecule has 0 aliphatic rings. The fourth-order valence-electron chi connectivity index (χ4n) is 7.38. The Morgan fingerprint density at radius 2 is 0.304 bits per heavy atom. The van der Waals surface area contributed by atoms with Crippen LogP contribution in [0.2, 0.25) is 0 Å². The first-order valence-electron chi connectivity index (χ1n) is 19.1. The normalized spacial score (nSPS) is 10.9. The first-order chi connectivity index (χ1) is 27.8. The van der Waals surface area contributed by atoms with Gasteiger partial charge in [-0.3, -0.25) is 0 Å². The van der Waals surface area contributed by atoms with Crippen LogP contribution in [0.15, 0.2) is 243 Å². The lowest BCUT2D eigenvalue weighted by Gasteiger charge is -2.26. The molecule has 0 saturated heterocycles. The molecule has 0 aliphatic heterocycles. The number of hydrogen-bond acceptors (Lipinski definition) is 2. The molecule has 0 aromatic heterocycles. The average molecular weight is 717 g/mol. The van der Waals surface area contributed by atoms with Crippen LogP contribution in [0.4, 0.5) is 34.1 Å². The van der Waals surface area contributed by atoms with Gasteiger partial charge in [-0.2, -0.15) is 0 Å². The molecular formula is C54H40N2. The van der Waals surface area contributed by atoms with E-state index in [1.807, 2.05) is 0 Å². The Labute approximate surface area is 329 Å². The molecule has 0 saturated carbocycles. The van der Waals surface area contributed by atoms with Crippen molar-refractivity contribution in [3.63, 3.8) is 0 Å². The molecule has 9 aromatic carbocycles. The van der Waals surface area contributed by atoms with Gasteiger partial charge in [0.25, 0.3) is 0 Å². The average Bonchev–Trinajstić information content (AvgIpc) is 3.29. The maximum absolute atomic E-state index is 2.33. The minimum atomic E-state index is 1.10. The molecule has 0 spiro atoms. The number of para-hydroxylation sites is 1. The Hall–Kier alpha value is -7.42. The fraction of sp³-hybridized carbons (Fsp3) is 0. The standard InChI is InChI=1S/C54H40N2/c1-5-13-41(14-6-1)44-21-31-50(32-22-44)55(49-19-11-4-12-20-49)51-37-27-47(28-38-51)48-29-39-54(40-30-48)56(52-33-23-45(24-34-52)42-15-7-2-8-16-42)53-35-25-46(26-36-53)43-17-9-3-10-18-43/h1-40H. The third-order valence-corrected chi connectivity index (χ3v) is 10.3. The van der Waals surface area contributed by atoms with Crippen LogP contribution in [0.25, 0.3) is 44.5 Å². The molecular weight excluding hydrogens is 677 g/mol. The van der Waals surface area contributed by atoms with Crippen LogP contribution in [0.5, 0.6) is 0 Å². The lowest BCUT2D eigenvalue weighted by Crippen LogP contribution is -2.10. The van der Waals surface area contributed by atoms with Crippen LogP contribution < -0.4 is 9.80 Å². The molecule has 0 fully saturated rings. The van der Waals surface area contributed by atoms with Gasteiger partial charge in [0.1, 0.15) is 0 Å². The van der Waals surface area contributed by atoms with Crippen molar-refractivity contribution >= 4 is 34.1 Å². The molecule has 266 valence electrons. The summed E-state index contributed by atoms with van der Waals surface area (Å²) >= 11 is 0. The Balaban J connectivity index is 1.01. The smallest absolute Gasteiger partial charge is 0.0462 e. The maximum Gasteiger partial charge on any atom is 0.0462 e. The van der Waals surface area contributed by atoms with E-state index in [4.69, 9.17) is 0 Å². The van der Waals surface area contributed by atoms with E-state index in [1.54, 1.807) is 0 Å². The fourth-order valence-corrected chi connectivity index (χ4v) is 7.38. The molecule has 0 radical (unpaired) electrons. The predicted octanol–water partition coefficient (Wildman–Crippen LogP) is 15.3. The molecule has 0 unspecified atom stereocenters. The highest BCUT2D eigenvalue weighted by atomic mass is 15.1. The van der Waals surface area contributed by atoms with E-state index in [-0.39, 0.29) is 0 Å². The molecule has 0 heterocycles. The molecule has 9 rings (SSSR count). The predicted molar refractivity (Wildman–Crippen MR) is 238 cm³/mol. The van der Waals surface area contributed by atoms with Gasteiger partial charge >= 0.3 is 0 Å². The summed E-state index contributed by atoms with van der Waals surface area (Å²) in [6.45, 7) is 0. The van der Waals surface area contributed by atoms with Gasteiger partial charge in [0.15, 0.2) is 0 Å². The summed E-state index contributed by atoms with van der Waals surface area (Å²) < 4.78 is 0. The SMILES string of the molecule is c1ccc(-c2ccc(N(c3ccccc3)c3ccc(-c4ccc(N(c5ccc(-c6ccccc6)cc5)c5ccc(-c6ccccc6)cc5)cc4)cc3)cc2)cc1. The van der Waals surface area contributed by atoms with E-state index in [0.29, 0.717) is 0 Å². The zero-order valence-electron chi connectivity index (χ0n) is 31.0. The first-order valence-corrected chi connectivity index (χ1v) is 19.1. The quantitative estimate of drug-likeness (QED) is 0.139. The van der Waals surface area contributed by atoms with Crippen LogP contribution in [0, 0.1) is 0 Å². The monoisotopic (exact) mass is 716 g/mol. The molecule has 2 nitrogen and oxygen atoms in total. The second kappa shape index (κ2) is 15.9. The summed E-state index contributed by atoms with van der Waals surface area (Å²) in [5, 5.41) is 0. The molecule has 0 aliphatic carbocycles. The highest BCUT2D eigenvalue weighted by Gasteiger charge is 2.16. The van der Waals surface area contributed by atoms with Gasteiger partial charge < -0.3 is 9.80 Å². The van der Waals surface area contributed by atoms with Crippen LogP contribution in [0.1, 0.15) is 0 Å². The van der Waals surface area contributed by atoms with E-state index >= 15 is 0 Å². The van der Waals surface area contributed by atoms with Crippen LogP contribution in [0.3, 0.4) is 0 Å². The number of rotatable bonds is 10. The summed E-state index contributed by atoms with van der Waals surface area (Å²) in [6.07, 6.45) is 0. The van der Waals surface area contributed by atoms with Crippen molar-refractivity contribution in [1.29, 1.82) is 0 Å². The summed E-state index contributed by atoms with van der Waals surface area (Å²) in [5.41, 5.74) is 16.2. The topological polar surface area (TPSA) is 6.48 Å². The summed E-state index contributed by atoms with van der Waals surface area (Å²) in [5.74, 6) is 0. The van der Waals surface area contributed by atoms with Crippen molar-refractivity contribution < 1.29 is 0 Å². The van der Waals surface area contributed by atoms with Crippen LogP contribution >= 0.6 is 0 Å². The zero-order valence-corrected chi connectivity index (χ0v) is 31.0. The van der Waals surface area contributed by atoms with Crippen molar-refractivity contribution in [2.75, 3.05) is 9.80 Å². The van der Waals surface area contributed by atoms with Crippen molar-refractivity contribution in [3.05, 3.63) is 243 Å². The Bertz CT molecular complexity index is 2520. The minimum absolute atomic E-state index is 1.10. The third kappa shape index (κ3) is 7.37.